The van der Waals surface area contributed by atoms with Crippen LogP contribution in [0.15, 0.2) is 59.3 Å². The van der Waals surface area contributed by atoms with Gasteiger partial charge in [-0.2, -0.15) is 5.10 Å². The minimum absolute atomic E-state index is 0.235. The zero-order valence-corrected chi connectivity index (χ0v) is 11.6. The molecule has 0 aliphatic heterocycles. The van der Waals surface area contributed by atoms with Gasteiger partial charge in [-0.1, -0.05) is 12.1 Å². The van der Waals surface area contributed by atoms with Crippen LogP contribution in [-0.4, -0.2) is 21.9 Å². The molecule has 0 amide bonds. The molecule has 0 saturated carbocycles. The number of furan rings is 1. The Morgan fingerprint density at radius 1 is 1.18 bits per heavy atom. The van der Waals surface area contributed by atoms with Gasteiger partial charge in [0.2, 0.25) is 0 Å². The van der Waals surface area contributed by atoms with Gasteiger partial charge in [0.15, 0.2) is 0 Å². The van der Waals surface area contributed by atoms with E-state index < -0.39 is 0 Å². The summed E-state index contributed by atoms with van der Waals surface area (Å²) in [5, 5.41) is 11.5. The summed E-state index contributed by atoms with van der Waals surface area (Å²) in [5.74, 6) is 0.487. The van der Waals surface area contributed by atoms with Gasteiger partial charge >= 0.3 is 0 Å². The molecule has 0 atom stereocenters. The first-order valence-corrected chi connectivity index (χ1v) is 6.69. The minimum Gasteiger partial charge on any atom is -0.465 e. The van der Waals surface area contributed by atoms with Crippen molar-refractivity contribution in [1.29, 1.82) is 5.41 Å². The molecule has 3 rings (SSSR count). The molecule has 0 bridgehead atoms. The molecule has 0 unspecified atom stereocenters. The smallest absolute Gasteiger partial charge is 0.278 e. The third-order valence-corrected chi connectivity index (χ3v) is 3.08. The molecule has 0 aliphatic rings. The van der Waals surface area contributed by atoms with Crippen molar-refractivity contribution in [2.45, 2.75) is 0 Å². The fraction of sp³-hybridized carbons (Fsp3) is 0. The first-order valence-electron chi connectivity index (χ1n) is 6.69. The average Bonchev–Trinajstić information content (AvgIpc) is 3.23. The number of nitrogens with zero attached hydrogens (tertiary/aromatic N) is 2. The molecule has 0 saturated heterocycles. The quantitative estimate of drug-likeness (QED) is 0.749. The maximum Gasteiger partial charge on any atom is 0.278 e. The second kappa shape index (κ2) is 6.05. The number of aromatic nitrogens is 2. The van der Waals surface area contributed by atoms with Crippen molar-refractivity contribution in [2.75, 3.05) is 0 Å². The van der Waals surface area contributed by atoms with Gasteiger partial charge in [0, 0.05) is 18.0 Å². The van der Waals surface area contributed by atoms with Gasteiger partial charge < -0.3 is 9.83 Å². The van der Waals surface area contributed by atoms with Crippen LogP contribution >= 0.6 is 0 Å². The van der Waals surface area contributed by atoms with Gasteiger partial charge in [0.05, 0.1) is 12.0 Å². The summed E-state index contributed by atoms with van der Waals surface area (Å²) < 4.78 is 6.48. The molecule has 1 N–H and O–H groups in total. The van der Waals surface area contributed by atoms with Gasteiger partial charge in [-0.15, -0.1) is 0 Å². The number of benzene rings is 1. The van der Waals surface area contributed by atoms with Gasteiger partial charge in [-0.25, -0.2) is 4.68 Å². The summed E-state index contributed by atoms with van der Waals surface area (Å²) in [6.45, 7) is 0. The molecule has 0 spiro atoms. The summed E-state index contributed by atoms with van der Waals surface area (Å²) in [4.78, 5) is 12.3. The Bertz CT molecular complexity index is 829. The van der Waals surface area contributed by atoms with Crippen molar-refractivity contribution in [3.8, 4) is 0 Å². The zero-order valence-electron chi connectivity index (χ0n) is 11.6. The number of carbonyl (C=O) groups excluding carboxylic acids is 1. The highest BCUT2D eigenvalue weighted by Gasteiger charge is 2.09. The predicted molar refractivity (Wildman–Crippen MR) is 83.9 cm³/mol. The van der Waals surface area contributed by atoms with Crippen LogP contribution in [0.1, 0.15) is 27.4 Å². The lowest BCUT2D eigenvalue weighted by Crippen LogP contribution is -2.12. The summed E-state index contributed by atoms with van der Waals surface area (Å²) in [6, 6.07) is 12.3. The van der Waals surface area contributed by atoms with Crippen LogP contribution < -0.4 is 0 Å². The van der Waals surface area contributed by atoms with E-state index in [2.05, 4.69) is 5.10 Å². The molecule has 5 nitrogen and oxygen atoms in total. The Labute approximate surface area is 127 Å². The second-order valence-corrected chi connectivity index (χ2v) is 4.61. The molecule has 2 aromatic heterocycles. The van der Waals surface area contributed by atoms with E-state index >= 15 is 0 Å². The fourth-order valence-electron chi connectivity index (χ4n) is 1.99. The minimum atomic E-state index is -0.235. The van der Waals surface area contributed by atoms with E-state index in [1.54, 1.807) is 61.0 Å². The lowest BCUT2D eigenvalue weighted by Gasteiger charge is -2.01. The Morgan fingerprint density at radius 3 is 2.86 bits per heavy atom. The van der Waals surface area contributed by atoms with Crippen LogP contribution in [0.2, 0.25) is 0 Å². The zero-order chi connectivity index (χ0) is 15.4. The maximum atomic E-state index is 12.3. The highest BCUT2D eigenvalue weighted by atomic mass is 16.3. The Morgan fingerprint density at radius 2 is 2.09 bits per heavy atom. The second-order valence-electron chi connectivity index (χ2n) is 4.61. The predicted octanol–water partition coefficient (Wildman–Crippen LogP) is 3.33. The van der Waals surface area contributed by atoms with E-state index in [1.165, 1.54) is 10.9 Å². The molecule has 5 heteroatoms. The normalized spacial score (nSPS) is 10.9. The molecule has 22 heavy (non-hydrogen) atoms. The molecule has 3 aromatic rings. The summed E-state index contributed by atoms with van der Waals surface area (Å²) in [6.07, 6.45) is 7.97. The third-order valence-electron chi connectivity index (χ3n) is 3.08. The van der Waals surface area contributed by atoms with Crippen LogP contribution in [0.3, 0.4) is 0 Å². The van der Waals surface area contributed by atoms with Gasteiger partial charge in [0.25, 0.3) is 5.91 Å². The monoisotopic (exact) mass is 291 g/mol. The van der Waals surface area contributed by atoms with Crippen molar-refractivity contribution in [1.82, 2.24) is 9.78 Å². The molecule has 0 fully saturated rings. The number of hydrogen-bond donors (Lipinski definition) is 1. The van der Waals surface area contributed by atoms with Crippen LogP contribution in [0.4, 0.5) is 0 Å². The SMILES string of the molecule is N=Cc1cccc(C(=O)n2ccc(/C=C/c3ccco3)n2)c1. The van der Waals surface area contributed by atoms with Crippen LogP contribution in [0.25, 0.3) is 12.2 Å². The summed E-state index contributed by atoms with van der Waals surface area (Å²) in [7, 11) is 0. The lowest BCUT2D eigenvalue weighted by molar-refractivity contribution is 0.0945. The van der Waals surface area contributed by atoms with Crippen molar-refractivity contribution in [2.24, 2.45) is 0 Å². The van der Waals surface area contributed by atoms with Crippen molar-refractivity contribution in [3.63, 3.8) is 0 Å². The molecule has 2 heterocycles. The van der Waals surface area contributed by atoms with E-state index in [0.717, 1.165) is 5.76 Å². The molecular formula is C17H13N3O2. The summed E-state index contributed by atoms with van der Waals surface area (Å²) in [5.41, 5.74) is 1.83. The van der Waals surface area contributed by atoms with E-state index in [4.69, 9.17) is 9.83 Å². The molecule has 1 aromatic carbocycles. The van der Waals surface area contributed by atoms with Gasteiger partial charge in [-0.3, -0.25) is 4.79 Å². The van der Waals surface area contributed by atoms with Crippen molar-refractivity contribution >= 4 is 24.3 Å². The highest BCUT2D eigenvalue weighted by molar-refractivity contribution is 5.97. The standard InChI is InChI=1S/C17H13N3O2/c18-12-13-3-1-4-14(11-13)17(21)20-9-8-15(19-20)6-7-16-5-2-10-22-16/h1-12,18H/b7-6+,18-12?. The van der Waals surface area contributed by atoms with Crippen molar-refractivity contribution < 1.29 is 9.21 Å². The Balaban J connectivity index is 1.80. The first-order chi connectivity index (χ1) is 10.8. The topological polar surface area (TPSA) is 71.9 Å². The van der Waals surface area contributed by atoms with Crippen LogP contribution in [-0.2, 0) is 0 Å². The maximum absolute atomic E-state index is 12.3. The lowest BCUT2D eigenvalue weighted by atomic mass is 10.1. The summed E-state index contributed by atoms with van der Waals surface area (Å²) >= 11 is 0. The largest absolute Gasteiger partial charge is 0.465 e. The average molecular weight is 291 g/mol. The fourth-order valence-corrected chi connectivity index (χ4v) is 1.99. The molecule has 108 valence electrons. The first kappa shape index (κ1) is 13.8. The number of carbonyl (C=O) groups is 1. The van der Waals surface area contributed by atoms with Crippen LogP contribution in [0.5, 0.6) is 0 Å². The van der Waals surface area contributed by atoms with E-state index in [9.17, 15) is 4.79 Å². The number of rotatable bonds is 4. The number of nitrogens with one attached hydrogen (secondary N) is 1. The van der Waals surface area contributed by atoms with Crippen LogP contribution in [0, 0.1) is 5.41 Å². The Kier molecular flexibility index (Phi) is 3.78. The van der Waals surface area contributed by atoms with Gasteiger partial charge in [0.1, 0.15) is 5.76 Å². The number of hydrogen-bond acceptors (Lipinski definition) is 4. The Hall–Kier alpha value is -3.21. The van der Waals surface area contributed by atoms with E-state index in [0.29, 0.717) is 16.8 Å². The van der Waals surface area contributed by atoms with E-state index in [-0.39, 0.29) is 5.91 Å². The van der Waals surface area contributed by atoms with Gasteiger partial charge in [-0.05, 0) is 48.0 Å². The molecular weight excluding hydrogens is 278 g/mol. The van der Waals surface area contributed by atoms with E-state index in [1.807, 2.05) is 6.07 Å². The highest BCUT2D eigenvalue weighted by Crippen LogP contribution is 2.09. The molecule has 0 aliphatic carbocycles. The van der Waals surface area contributed by atoms with Crippen molar-refractivity contribution in [3.05, 3.63) is 77.5 Å². The third kappa shape index (κ3) is 2.93. The molecule has 0 radical (unpaired) electrons.